The number of nitrogens with zero attached hydrogens (tertiary/aromatic N) is 1. The Morgan fingerprint density at radius 1 is 1.42 bits per heavy atom. The molecule has 2 unspecified atom stereocenters. The van der Waals surface area contributed by atoms with E-state index in [0.717, 1.165) is 0 Å². The van der Waals surface area contributed by atoms with Crippen LogP contribution in [0.3, 0.4) is 0 Å². The fourth-order valence-electron chi connectivity index (χ4n) is 1.85. The fraction of sp³-hybridized carbons (Fsp3) is 0.727. The van der Waals surface area contributed by atoms with Crippen molar-refractivity contribution in [2.24, 2.45) is 0 Å². The molecule has 0 spiro atoms. The number of esters is 1. The lowest BCUT2D eigenvalue weighted by atomic mass is 10.1. The average Bonchev–Trinajstić information content (AvgIpc) is 2.45. The maximum atomic E-state index is 11.9. The Kier molecular flexibility index (Phi) is 5.71. The largest absolute Gasteiger partial charge is 0.468 e. The normalized spacial score (nSPS) is 21.3. The summed E-state index contributed by atoms with van der Waals surface area (Å²) in [6.45, 7) is 2.64. The molecule has 1 aliphatic rings. The van der Waals surface area contributed by atoms with Crippen molar-refractivity contribution >= 4 is 17.9 Å². The summed E-state index contributed by atoms with van der Waals surface area (Å²) < 4.78 is 9.89. The number of methoxy groups -OCH3 is 1. The van der Waals surface area contributed by atoms with Crippen LogP contribution in [0.25, 0.3) is 0 Å². The Labute approximate surface area is 111 Å². The van der Waals surface area contributed by atoms with Crippen molar-refractivity contribution < 1.29 is 23.9 Å². The fourth-order valence-corrected chi connectivity index (χ4v) is 1.85. The van der Waals surface area contributed by atoms with E-state index in [1.807, 2.05) is 0 Å². The summed E-state index contributed by atoms with van der Waals surface area (Å²) >= 11 is 0. The van der Waals surface area contributed by atoms with Gasteiger partial charge in [0.05, 0.1) is 26.4 Å². The number of carbonyl (C=O) groups is 3. The lowest BCUT2D eigenvalue weighted by molar-refractivity contribution is -0.156. The van der Waals surface area contributed by atoms with Crippen LogP contribution in [0.5, 0.6) is 0 Å². The number of carbonyl (C=O) groups excluding carboxylic acids is 3. The van der Waals surface area contributed by atoms with Gasteiger partial charge < -0.3 is 14.8 Å². The van der Waals surface area contributed by atoms with Gasteiger partial charge in [-0.3, -0.25) is 19.8 Å². The molecule has 3 amide bonds. The molecule has 0 aromatic rings. The Morgan fingerprint density at radius 2 is 2.11 bits per heavy atom. The number of hydrogen-bond acceptors (Lipinski definition) is 6. The first-order chi connectivity index (χ1) is 9.01. The van der Waals surface area contributed by atoms with Crippen molar-refractivity contribution in [3.8, 4) is 0 Å². The van der Waals surface area contributed by atoms with Gasteiger partial charge in [-0.05, 0) is 6.92 Å². The number of amides is 3. The highest BCUT2D eigenvalue weighted by Crippen LogP contribution is 2.12. The molecule has 1 heterocycles. The molecule has 19 heavy (non-hydrogen) atoms. The number of morpholine rings is 1. The number of urea groups is 1. The number of imide groups is 1. The predicted octanol–water partition coefficient (Wildman–Crippen LogP) is -1.30. The maximum absolute atomic E-state index is 11.9. The molecule has 1 aliphatic heterocycles. The Hall–Kier alpha value is -1.67. The average molecular weight is 273 g/mol. The van der Waals surface area contributed by atoms with E-state index in [1.165, 1.54) is 14.2 Å². The molecule has 0 bridgehead atoms. The molecule has 0 aromatic heterocycles. The number of ether oxygens (including phenoxy) is 2. The van der Waals surface area contributed by atoms with E-state index in [9.17, 15) is 14.4 Å². The molecule has 0 aliphatic carbocycles. The molecular formula is C11H19N3O5. The summed E-state index contributed by atoms with van der Waals surface area (Å²) in [5.41, 5.74) is 0. The molecule has 2 N–H and O–H groups in total. The van der Waals surface area contributed by atoms with E-state index in [1.54, 1.807) is 11.8 Å². The number of hydrogen-bond donors (Lipinski definition) is 2. The quantitative estimate of drug-likeness (QED) is 0.621. The summed E-state index contributed by atoms with van der Waals surface area (Å²) in [5, 5.41) is 4.47. The lowest BCUT2D eigenvalue weighted by Crippen LogP contribution is -2.58. The molecule has 8 heteroatoms. The highest BCUT2D eigenvalue weighted by Gasteiger charge is 2.36. The third-order valence-electron chi connectivity index (χ3n) is 2.98. The standard InChI is InChI=1S/C11H19N3O5/c1-7(9(15)13-11(17)12-2)14-4-5-19-6-8(14)10(16)18-3/h7-8H,4-6H2,1-3H3,(H2,12,13,15,17). The van der Waals surface area contributed by atoms with E-state index in [-0.39, 0.29) is 6.61 Å². The van der Waals surface area contributed by atoms with Crippen molar-refractivity contribution in [2.45, 2.75) is 19.0 Å². The van der Waals surface area contributed by atoms with E-state index < -0.39 is 30.0 Å². The predicted molar refractivity (Wildman–Crippen MR) is 65.4 cm³/mol. The minimum Gasteiger partial charge on any atom is -0.468 e. The first-order valence-electron chi connectivity index (χ1n) is 5.95. The first-order valence-corrected chi connectivity index (χ1v) is 5.95. The molecule has 0 radical (unpaired) electrons. The van der Waals surface area contributed by atoms with Crippen LogP contribution in [0.2, 0.25) is 0 Å². The third-order valence-corrected chi connectivity index (χ3v) is 2.98. The Morgan fingerprint density at radius 3 is 2.68 bits per heavy atom. The zero-order valence-electron chi connectivity index (χ0n) is 11.3. The van der Waals surface area contributed by atoms with Gasteiger partial charge in [-0.2, -0.15) is 0 Å². The molecule has 0 saturated carbocycles. The highest BCUT2D eigenvalue weighted by atomic mass is 16.5. The SMILES string of the molecule is CNC(=O)NC(=O)C(C)N1CCOCC1C(=O)OC. The molecule has 1 saturated heterocycles. The van der Waals surface area contributed by atoms with Crippen LogP contribution in [0.1, 0.15) is 6.92 Å². The zero-order valence-corrected chi connectivity index (χ0v) is 11.3. The summed E-state index contributed by atoms with van der Waals surface area (Å²) in [6, 6.07) is -1.85. The summed E-state index contributed by atoms with van der Waals surface area (Å²) in [7, 11) is 2.70. The molecule has 108 valence electrons. The van der Waals surface area contributed by atoms with Crippen molar-refractivity contribution in [3.05, 3.63) is 0 Å². The van der Waals surface area contributed by atoms with Crippen LogP contribution in [0, 0.1) is 0 Å². The van der Waals surface area contributed by atoms with Crippen LogP contribution < -0.4 is 10.6 Å². The van der Waals surface area contributed by atoms with Crippen molar-refractivity contribution in [1.82, 2.24) is 15.5 Å². The second-order valence-corrected chi connectivity index (χ2v) is 4.10. The summed E-state index contributed by atoms with van der Waals surface area (Å²) in [4.78, 5) is 36.3. The van der Waals surface area contributed by atoms with E-state index in [2.05, 4.69) is 15.4 Å². The Balaban J connectivity index is 2.71. The van der Waals surface area contributed by atoms with Crippen LogP contribution in [0.4, 0.5) is 4.79 Å². The van der Waals surface area contributed by atoms with Gasteiger partial charge in [-0.1, -0.05) is 0 Å². The van der Waals surface area contributed by atoms with E-state index in [4.69, 9.17) is 4.74 Å². The van der Waals surface area contributed by atoms with Gasteiger partial charge in [-0.15, -0.1) is 0 Å². The van der Waals surface area contributed by atoms with Crippen LogP contribution >= 0.6 is 0 Å². The third kappa shape index (κ3) is 3.90. The van der Waals surface area contributed by atoms with Crippen LogP contribution in [-0.4, -0.2) is 68.8 Å². The van der Waals surface area contributed by atoms with Crippen LogP contribution in [0.15, 0.2) is 0 Å². The van der Waals surface area contributed by atoms with E-state index >= 15 is 0 Å². The first kappa shape index (κ1) is 15.4. The van der Waals surface area contributed by atoms with Gasteiger partial charge >= 0.3 is 12.0 Å². The van der Waals surface area contributed by atoms with Crippen molar-refractivity contribution in [3.63, 3.8) is 0 Å². The minimum absolute atomic E-state index is 0.171. The molecule has 8 nitrogen and oxygen atoms in total. The molecule has 1 rings (SSSR count). The second kappa shape index (κ2) is 7.05. The molecule has 1 fully saturated rings. The minimum atomic E-state index is -0.635. The van der Waals surface area contributed by atoms with Crippen LogP contribution in [-0.2, 0) is 19.1 Å². The smallest absolute Gasteiger partial charge is 0.325 e. The molecule has 2 atom stereocenters. The van der Waals surface area contributed by atoms with Gasteiger partial charge in [-0.25, -0.2) is 4.79 Å². The Bertz CT molecular complexity index is 360. The summed E-state index contributed by atoms with van der Waals surface area (Å²) in [6.07, 6.45) is 0. The monoisotopic (exact) mass is 273 g/mol. The number of nitrogens with one attached hydrogen (secondary N) is 2. The van der Waals surface area contributed by atoms with Gasteiger partial charge in [0.1, 0.15) is 6.04 Å². The zero-order chi connectivity index (χ0) is 14.4. The topological polar surface area (TPSA) is 97.0 Å². The number of rotatable bonds is 3. The van der Waals surface area contributed by atoms with E-state index in [0.29, 0.717) is 13.2 Å². The van der Waals surface area contributed by atoms with Crippen molar-refractivity contribution in [1.29, 1.82) is 0 Å². The molecular weight excluding hydrogens is 254 g/mol. The van der Waals surface area contributed by atoms with Gasteiger partial charge in [0, 0.05) is 13.6 Å². The molecule has 0 aromatic carbocycles. The lowest BCUT2D eigenvalue weighted by Gasteiger charge is -2.36. The van der Waals surface area contributed by atoms with Gasteiger partial charge in [0.2, 0.25) is 5.91 Å². The summed E-state index contributed by atoms with van der Waals surface area (Å²) in [5.74, 6) is -0.936. The second-order valence-electron chi connectivity index (χ2n) is 4.10. The van der Waals surface area contributed by atoms with Crippen molar-refractivity contribution in [2.75, 3.05) is 33.9 Å². The maximum Gasteiger partial charge on any atom is 0.325 e. The highest BCUT2D eigenvalue weighted by molar-refractivity contribution is 5.97. The van der Waals surface area contributed by atoms with Gasteiger partial charge in [0.25, 0.3) is 0 Å². The van der Waals surface area contributed by atoms with Gasteiger partial charge in [0.15, 0.2) is 0 Å².